The number of rotatable bonds is 6. The summed E-state index contributed by atoms with van der Waals surface area (Å²) in [4.78, 5) is 2.64. The molecule has 0 aliphatic carbocycles. The molecule has 0 saturated carbocycles. The van der Waals surface area contributed by atoms with E-state index in [9.17, 15) is 0 Å². The molecule has 0 nitrogen and oxygen atoms in total. The molecular weight excluding hydrogens is 368 g/mol. The molecular formula is C28H26S. The van der Waals surface area contributed by atoms with Crippen LogP contribution in [0.5, 0.6) is 0 Å². The summed E-state index contributed by atoms with van der Waals surface area (Å²) in [6.45, 7) is 4.48. The van der Waals surface area contributed by atoms with Crippen molar-refractivity contribution in [2.75, 3.05) is 0 Å². The first-order chi connectivity index (χ1) is 14.3. The van der Waals surface area contributed by atoms with Gasteiger partial charge in [-0.3, -0.25) is 0 Å². The standard InChI is InChI=1S/C28H26S/c1-3-21-17-11-19-25(27(21)23-13-7-5-8-14-23)29-26-20-12-18-22(4-2)28(26)24-15-9-6-10-16-24/h5-20H,3-4H2,1-2H3. The molecule has 0 heterocycles. The largest absolute Gasteiger partial charge is 0.0888 e. The van der Waals surface area contributed by atoms with Crippen molar-refractivity contribution in [2.24, 2.45) is 0 Å². The van der Waals surface area contributed by atoms with Gasteiger partial charge in [0, 0.05) is 9.79 Å². The van der Waals surface area contributed by atoms with E-state index in [0.717, 1.165) is 12.8 Å². The van der Waals surface area contributed by atoms with E-state index in [2.05, 4.69) is 111 Å². The lowest BCUT2D eigenvalue weighted by Crippen LogP contribution is -1.93. The van der Waals surface area contributed by atoms with Crippen molar-refractivity contribution in [3.8, 4) is 22.3 Å². The predicted molar refractivity (Wildman–Crippen MR) is 127 cm³/mol. The van der Waals surface area contributed by atoms with Crippen molar-refractivity contribution in [1.29, 1.82) is 0 Å². The molecule has 0 bridgehead atoms. The van der Waals surface area contributed by atoms with Gasteiger partial charge >= 0.3 is 0 Å². The molecule has 4 aromatic rings. The molecule has 1 heteroatoms. The average molecular weight is 395 g/mol. The zero-order valence-corrected chi connectivity index (χ0v) is 17.9. The third kappa shape index (κ3) is 4.16. The van der Waals surface area contributed by atoms with Crippen LogP contribution in [0.15, 0.2) is 107 Å². The van der Waals surface area contributed by atoms with Crippen LogP contribution in [-0.4, -0.2) is 0 Å². The van der Waals surface area contributed by atoms with Crippen molar-refractivity contribution < 1.29 is 0 Å². The van der Waals surface area contributed by atoms with Gasteiger partial charge in [0.15, 0.2) is 0 Å². The van der Waals surface area contributed by atoms with Crippen molar-refractivity contribution in [1.82, 2.24) is 0 Å². The second kappa shape index (κ2) is 9.15. The summed E-state index contributed by atoms with van der Waals surface area (Å²) in [5.74, 6) is 0. The molecule has 0 fully saturated rings. The molecule has 0 atom stereocenters. The Kier molecular flexibility index (Phi) is 6.17. The van der Waals surface area contributed by atoms with Crippen LogP contribution in [0.2, 0.25) is 0 Å². The van der Waals surface area contributed by atoms with E-state index >= 15 is 0 Å². The lowest BCUT2D eigenvalue weighted by molar-refractivity contribution is 1.12. The van der Waals surface area contributed by atoms with Gasteiger partial charge < -0.3 is 0 Å². The number of hydrogen-bond acceptors (Lipinski definition) is 1. The van der Waals surface area contributed by atoms with E-state index in [1.54, 1.807) is 0 Å². The first kappa shape index (κ1) is 19.5. The summed E-state index contributed by atoms with van der Waals surface area (Å²) in [5, 5.41) is 0. The maximum Gasteiger partial charge on any atom is 0.0203 e. The summed E-state index contributed by atoms with van der Waals surface area (Å²) in [6, 6.07) is 35.0. The Labute approximate surface area is 178 Å². The highest BCUT2D eigenvalue weighted by Crippen LogP contribution is 2.43. The van der Waals surface area contributed by atoms with Crippen LogP contribution in [-0.2, 0) is 12.8 Å². The van der Waals surface area contributed by atoms with Crippen LogP contribution in [0.25, 0.3) is 22.3 Å². The number of hydrogen-bond donors (Lipinski definition) is 0. The summed E-state index contributed by atoms with van der Waals surface area (Å²) in [5.41, 5.74) is 8.10. The SMILES string of the molecule is CCc1cccc(Sc2cccc(CC)c2-c2ccccc2)c1-c1ccccc1. The molecule has 0 amide bonds. The minimum atomic E-state index is 1.03. The van der Waals surface area contributed by atoms with Gasteiger partial charge in [0.2, 0.25) is 0 Å². The molecule has 0 radical (unpaired) electrons. The van der Waals surface area contributed by atoms with E-state index in [0.29, 0.717) is 0 Å². The molecule has 144 valence electrons. The Balaban J connectivity index is 1.86. The molecule has 29 heavy (non-hydrogen) atoms. The van der Waals surface area contributed by atoms with Crippen LogP contribution in [0.1, 0.15) is 25.0 Å². The van der Waals surface area contributed by atoms with Crippen LogP contribution in [0, 0.1) is 0 Å². The van der Waals surface area contributed by atoms with Gasteiger partial charge in [-0.05, 0) is 58.4 Å². The van der Waals surface area contributed by atoms with E-state index in [1.807, 2.05) is 11.8 Å². The van der Waals surface area contributed by atoms with E-state index in [4.69, 9.17) is 0 Å². The highest BCUT2D eigenvalue weighted by Gasteiger charge is 2.15. The molecule has 4 rings (SSSR count). The fourth-order valence-electron chi connectivity index (χ4n) is 3.90. The lowest BCUT2D eigenvalue weighted by atomic mass is 9.98. The van der Waals surface area contributed by atoms with E-state index < -0.39 is 0 Å². The lowest BCUT2D eigenvalue weighted by Gasteiger charge is -2.18. The fourth-order valence-corrected chi connectivity index (χ4v) is 5.13. The van der Waals surface area contributed by atoms with Crippen molar-refractivity contribution >= 4 is 11.8 Å². The maximum absolute atomic E-state index is 2.26. The predicted octanol–water partition coefficient (Wildman–Crippen LogP) is 8.30. The number of benzene rings is 4. The third-order valence-corrected chi connectivity index (χ3v) is 6.45. The average Bonchev–Trinajstić information content (AvgIpc) is 2.80. The summed E-state index contributed by atoms with van der Waals surface area (Å²) in [7, 11) is 0. The first-order valence-electron chi connectivity index (χ1n) is 10.3. The van der Waals surface area contributed by atoms with Gasteiger partial charge in [-0.25, -0.2) is 0 Å². The molecule has 0 unspecified atom stereocenters. The van der Waals surface area contributed by atoms with Crippen molar-refractivity contribution in [3.63, 3.8) is 0 Å². The highest BCUT2D eigenvalue weighted by molar-refractivity contribution is 7.99. The summed E-state index contributed by atoms with van der Waals surface area (Å²) >= 11 is 1.89. The van der Waals surface area contributed by atoms with Crippen LogP contribution < -0.4 is 0 Å². The Hall–Kier alpha value is -2.77. The zero-order valence-electron chi connectivity index (χ0n) is 17.1. The minimum Gasteiger partial charge on any atom is -0.0888 e. The summed E-state index contributed by atoms with van der Waals surface area (Å²) < 4.78 is 0. The van der Waals surface area contributed by atoms with Crippen molar-refractivity contribution in [3.05, 3.63) is 108 Å². The Bertz CT molecular complexity index is 993. The van der Waals surface area contributed by atoms with Gasteiger partial charge in [-0.15, -0.1) is 0 Å². The molecule has 0 aliphatic heterocycles. The molecule has 0 N–H and O–H groups in total. The van der Waals surface area contributed by atoms with Crippen LogP contribution in [0.3, 0.4) is 0 Å². The monoisotopic (exact) mass is 394 g/mol. The molecule has 0 aromatic heterocycles. The fraction of sp³-hybridized carbons (Fsp3) is 0.143. The molecule has 0 spiro atoms. The Morgan fingerprint density at radius 1 is 0.483 bits per heavy atom. The van der Waals surface area contributed by atoms with Crippen LogP contribution >= 0.6 is 11.8 Å². The van der Waals surface area contributed by atoms with Gasteiger partial charge in [0.25, 0.3) is 0 Å². The highest BCUT2D eigenvalue weighted by atomic mass is 32.2. The molecule has 4 aromatic carbocycles. The summed E-state index contributed by atoms with van der Waals surface area (Å²) in [6.07, 6.45) is 2.05. The Morgan fingerprint density at radius 3 is 1.28 bits per heavy atom. The number of aryl methyl sites for hydroxylation is 2. The maximum atomic E-state index is 2.26. The smallest absolute Gasteiger partial charge is 0.0203 e. The zero-order chi connectivity index (χ0) is 20.1. The molecule has 0 saturated heterocycles. The van der Waals surface area contributed by atoms with Crippen LogP contribution in [0.4, 0.5) is 0 Å². The van der Waals surface area contributed by atoms with Gasteiger partial charge in [0.05, 0.1) is 0 Å². The minimum absolute atomic E-state index is 1.03. The molecule has 0 aliphatic rings. The van der Waals surface area contributed by atoms with Gasteiger partial charge in [-0.1, -0.05) is 111 Å². The van der Waals surface area contributed by atoms with E-state index in [-0.39, 0.29) is 0 Å². The van der Waals surface area contributed by atoms with E-state index in [1.165, 1.54) is 43.2 Å². The van der Waals surface area contributed by atoms with Crippen molar-refractivity contribution in [2.45, 2.75) is 36.5 Å². The Morgan fingerprint density at radius 2 is 0.897 bits per heavy atom. The second-order valence-corrected chi connectivity index (χ2v) is 8.21. The second-order valence-electron chi connectivity index (χ2n) is 7.12. The normalized spacial score (nSPS) is 10.8. The third-order valence-electron chi connectivity index (χ3n) is 5.33. The first-order valence-corrected chi connectivity index (χ1v) is 11.2. The van der Waals surface area contributed by atoms with Gasteiger partial charge in [-0.2, -0.15) is 0 Å². The quantitative estimate of drug-likeness (QED) is 0.317. The topological polar surface area (TPSA) is 0 Å². The van der Waals surface area contributed by atoms with Gasteiger partial charge in [0.1, 0.15) is 0 Å².